The van der Waals surface area contributed by atoms with E-state index in [2.05, 4.69) is 20.8 Å². The van der Waals surface area contributed by atoms with Crippen LogP contribution in [0.5, 0.6) is 5.75 Å². The molecule has 1 aliphatic rings. The van der Waals surface area contributed by atoms with E-state index in [1.54, 1.807) is 54.9 Å². The van der Waals surface area contributed by atoms with Crippen LogP contribution >= 0.6 is 0 Å². The fourth-order valence-corrected chi connectivity index (χ4v) is 4.73. The third-order valence-electron chi connectivity index (χ3n) is 6.78. The van der Waals surface area contributed by atoms with E-state index in [0.717, 1.165) is 10.2 Å². The summed E-state index contributed by atoms with van der Waals surface area (Å²) in [6.45, 7) is 3.82. The highest BCUT2D eigenvalue weighted by Crippen LogP contribution is 2.44. The zero-order chi connectivity index (χ0) is 27.9. The van der Waals surface area contributed by atoms with Crippen molar-refractivity contribution in [1.29, 1.82) is 0 Å². The third-order valence-corrected chi connectivity index (χ3v) is 6.78. The molecule has 1 amide bonds. The molecule has 0 saturated heterocycles. The Balaban J connectivity index is 1.40. The monoisotopic (exact) mass is 542 g/mol. The molecular formula is C27H26F4N6O2. The SMILES string of the molecule is COc1cccc(C2CC(C(F)(F)F)n3nc(C(=O)Nc4c(C)nn(Cc5ccc(F)cc5)c4C)cc3N2)c1. The average Bonchev–Trinajstić information content (AvgIpc) is 3.45. The lowest BCUT2D eigenvalue weighted by molar-refractivity contribution is -0.173. The van der Waals surface area contributed by atoms with Crippen LogP contribution in [0.1, 0.15) is 51.5 Å². The van der Waals surface area contributed by atoms with Crippen LogP contribution in [0.15, 0.2) is 54.6 Å². The molecule has 1 aliphatic heterocycles. The molecule has 0 fully saturated rings. The van der Waals surface area contributed by atoms with E-state index in [4.69, 9.17) is 4.74 Å². The van der Waals surface area contributed by atoms with Crippen molar-refractivity contribution in [1.82, 2.24) is 19.6 Å². The predicted octanol–water partition coefficient (Wildman–Crippen LogP) is 5.81. The van der Waals surface area contributed by atoms with Gasteiger partial charge < -0.3 is 15.4 Å². The maximum absolute atomic E-state index is 14.1. The van der Waals surface area contributed by atoms with Crippen molar-refractivity contribution in [3.8, 4) is 5.75 Å². The van der Waals surface area contributed by atoms with Gasteiger partial charge in [0.15, 0.2) is 11.7 Å². The van der Waals surface area contributed by atoms with Gasteiger partial charge in [-0.05, 0) is 49.2 Å². The van der Waals surface area contributed by atoms with E-state index in [0.29, 0.717) is 34.9 Å². The zero-order valence-electron chi connectivity index (χ0n) is 21.4. The van der Waals surface area contributed by atoms with Crippen molar-refractivity contribution < 1.29 is 27.1 Å². The summed E-state index contributed by atoms with van der Waals surface area (Å²) >= 11 is 0. The minimum Gasteiger partial charge on any atom is -0.497 e. The molecule has 0 radical (unpaired) electrons. The summed E-state index contributed by atoms with van der Waals surface area (Å²) in [5.74, 6) is -0.394. The lowest BCUT2D eigenvalue weighted by Gasteiger charge is -2.33. The van der Waals surface area contributed by atoms with E-state index in [1.807, 2.05) is 0 Å². The molecule has 5 rings (SSSR count). The number of amides is 1. The Morgan fingerprint density at radius 3 is 2.56 bits per heavy atom. The Hall–Kier alpha value is -4.35. The normalized spacial score (nSPS) is 16.9. The van der Waals surface area contributed by atoms with Crippen LogP contribution in [0.3, 0.4) is 0 Å². The van der Waals surface area contributed by atoms with Gasteiger partial charge in [0.25, 0.3) is 5.91 Å². The second-order valence-electron chi connectivity index (χ2n) is 9.41. The molecule has 3 heterocycles. The fourth-order valence-electron chi connectivity index (χ4n) is 4.73. The van der Waals surface area contributed by atoms with Gasteiger partial charge in [0.05, 0.1) is 36.8 Å². The Morgan fingerprint density at radius 2 is 1.87 bits per heavy atom. The molecule has 2 unspecified atom stereocenters. The van der Waals surface area contributed by atoms with Crippen molar-refractivity contribution in [2.75, 3.05) is 17.7 Å². The summed E-state index contributed by atoms with van der Waals surface area (Å²) < 4.78 is 63.2. The number of methoxy groups -OCH3 is 1. The first kappa shape index (κ1) is 26.3. The van der Waals surface area contributed by atoms with Gasteiger partial charge in [0, 0.05) is 12.5 Å². The Morgan fingerprint density at radius 1 is 1.13 bits per heavy atom. The first-order valence-electron chi connectivity index (χ1n) is 12.2. The molecule has 39 heavy (non-hydrogen) atoms. The summed E-state index contributed by atoms with van der Waals surface area (Å²) in [6, 6.07) is 11.5. The Labute approximate surface area is 221 Å². The lowest BCUT2D eigenvalue weighted by Crippen LogP contribution is -2.35. The van der Waals surface area contributed by atoms with Crippen molar-refractivity contribution in [3.63, 3.8) is 0 Å². The number of nitrogens with zero attached hydrogens (tertiary/aromatic N) is 4. The number of hydrogen-bond donors (Lipinski definition) is 2. The molecule has 204 valence electrons. The number of hydrogen-bond acceptors (Lipinski definition) is 5. The second-order valence-corrected chi connectivity index (χ2v) is 9.41. The quantitative estimate of drug-likeness (QED) is 0.301. The number of alkyl halides is 3. The number of anilines is 2. The van der Waals surface area contributed by atoms with Crippen LogP contribution < -0.4 is 15.4 Å². The van der Waals surface area contributed by atoms with Crippen LogP contribution in [0.4, 0.5) is 29.1 Å². The fraction of sp³-hybridized carbons (Fsp3) is 0.296. The molecule has 0 spiro atoms. The first-order chi connectivity index (χ1) is 18.5. The van der Waals surface area contributed by atoms with Gasteiger partial charge in [-0.2, -0.15) is 23.4 Å². The summed E-state index contributed by atoms with van der Waals surface area (Å²) in [5.41, 5.74) is 2.87. The van der Waals surface area contributed by atoms with Gasteiger partial charge in [-0.15, -0.1) is 0 Å². The van der Waals surface area contributed by atoms with Crippen LogP contribution in [0.25, 0.3) is 0 Å². The number of aryl methyl sites for hydroxylation is 1. The summed E-state index contributed by atoms with van der Waals surface area (Å²) in [7, 11) is 1.49. The molecule has 2 aromatic heterocycles. The van der Waals surface area contributed by atoms with Gasteiger partial charge >= 0.3 is 6.18 Å². The number of nitrogens with one attached hydrogen (secondary N) is 2. The topological polar surface area (TPSA) is 86.0 Å². The van der Waals surface area contributed by atoms with Crippen molar-refractivity contribution >= 4 is 17.4 Å². The number of rotatable bonds is 6. The molecule has 0 aliphatic carbocycles. The van der Waals surface area contributed by atoms with Crippen molar-refractivity contribution in [3.05, 3.63) is 88.6 Å². The minimum atomic E-state index is -4.58. The third kappa shape index (κ3) is 5.31. The maximum atomic E-state index is 14.1. The molecule has 2 aromatic carbocycles. The summed E-state index contributed by atoms with van der Waals surface area (Å²) in [6.07, 6.45) is -4.89. The van der Waals surface area contributed by atoms with E-state index in [-0.39, 0.29) is 23.7 Å². The molecule has 2 atom stereocenters. The highest BCUT2D eigenvalue weighted by molar-refractivity contribution is 6.04. The van der Waals surface area contributed by atoms with Gasteiger partial charge in [-0.3, -0.25) is 9.48 Å². The number of ether oxygens (including phenoxy) is 1. The lowest BCUT2D eigenvalue weighted by atomic mass is 9.97. The van der Waals surface area contributed by atoms with E-state index >= 15 is 0 Å². The van der Waals surface area contributed by atoms with Gasteiger partial charge in [0.1, 0.15) is 17.4 Å². The van der Waals surface area contributed by atoms with Crippen LogP contribution in [0, 0.1) is 19.7 Å². The molecule has 4 aromatic rings. The largest absolute Gasteiger partial charge is 0.497 e. The van der Waals surface area contributed by atoms with Gasteiger partial charge in [-0.1, -0.05) is 24.3 Å². The standard InChI is InChI=1S/C27H26F4N6O2/c1-15-25(16(2)36(34-15)14-17-7-9-19(28)10-8-17)33-26(38)22-13-24-32-21(18-5-4-6-20(11-18)39-3)12-23(27(29,30)31)37(24)35-22/h4-11,13,21,23,32H,12,14H2,1-3H3,(H,33,38). The first-order valence-corrected chi connectivity index (χ1v) is 12.2. The molecule has 8 nitrogen and oxygen atoms in total. The molecule has 0 saturated carbocycles. The highest BCUT2D eigenvalue weighted by Gasteiger charge is 2.47. The van der Waals surface area contributed by atoms with Gasteiger partial charge in [0.2, 0.25) is 0 Å². The van der Waals surface area contributed by atoms with Crippen molar-refractivity contribution in [2.45, 2.75) is 45.1 Å². The average molecular weight is 543 g/mol. The Bertz CT molecular complexity index is 1510. The molecule has 0 bridgehead atoms. The molecule has 12 heteroatoms. The summed E-state index contributed by atoms with van der Waals surface area (Å²) in [4.78, 5) is 13.1. The van der Waals surface area contributed by atoms with E-state index in [9.17, 15) is 22.4 Å². The number of carbonyl (C=O) groups excluding carboxylic acids is 1. The zero-order valence-corrected chi connectivity index (χ0v) is 21.4. The Kier molecular flexibility index (Phi) is 6.79. The molecule has 2 N–H and O–H groups in total. The van der Waals surface area contributed by atoms with Gasteiger partial charge in [-0.25, -0.2) is 9.07 Å². The minimum absolute atomic E-state index is 0.0852. The number of halogens is 4. The van der Waals surface area contributed by atoms with Crippen molar-refractivity contribution in [2.24, 2.45) is 0 Å². The number of fused-ring (bicyclic) bond motifs is 1. The molecular weight excluding hydrogens is 516 g/mol. The smallest absolute Gasteiger partial charge is 0.410 e. The van der Waals surface area contributed by atoms with Crippen LogP contribution in [0.2, 0.25) is 0 Å². The second kappa shape index (κ2) is 10.1. The number of carbonyl (C=O) groups is 1. The maximum Gasteiger partial charge on any atom is 0.410 e. The van der Waals surface area contributed by atoms with E-state index < -0.39 is 24.2 Å². The number of benzene rings is 2. The predicted molar refractivity (Wildman–Crippen MR) is 136 cm³/mol. The van der Waals surface area contributed by atoms with Crippen LogP contribution in [-0.2, 0) is 6.54 Å². The highest BCUT2D eigenvalue weighted by atomic mass is 19.4. The van der Waals surface area contributed by atoms with Crippen LogP contribution in [-0.4, -0.2) is 38.8 Å². The van der Waals surface area contributed by atoms with E-state index in [1.165, 1.54) is 25.3 Å². The summed E-state index contributed by atoms with van der Waals surface area (Å²) in [5, 5.41) is 14.3. The number of aromatic nitrogens is 4.